The van der Waals surface area contributed by atoms with Crippen LogP contribution in [-0.2, 0) is 9.59 Å². The number of carbonyl (C=O) groups excluding carboxylic acids is 3. The second kappa shape index (κ2) is 7.73. The largest absolute Gasteiger partial charge is 0.484 e. The van der Waals surface area contributed by atoms with E-state index in [1.165, 1.54) is 12.1 Å². The minimum Gasteiger partial charge on any atom is -0.484 e. The topological polar surface area (TPSA) is 93.7 Å². The number of halogens is 2. The first-order chi connectivity index (χ1) is 15.7. The molecule has 1 unspecified atom stereocenters. The molecule has 6 rings (SSSR count). The molecule has 1 atom stereocenters. The predicted octanol–water partition coefficient (Wildman–Crippen LogP) is 3.11. The Bertz CT molecular complexity index is 1160. The minimum absolute atomic E-state index is 0.00285. The van der Waals surface area contributed by atoms with Crippen molar-refractivity contribution in [2.24, 2.45) is 0 Å². The maximum absolute atomic E-state index is 13.5. The van der Waals surface area contributed by atoms with E-state index in [1.807, 2.05) is 13.0 Å². The summed E-state index contributed by atoms with van der Waals surface area (Å²) in [5.74, 6) is -0.720. The van der Waals surface area contributed by atoms with E-state index in [0.29, 0.717) is 30.6 Å². The number of ether oxygens (including phenoxy) is 2. The molecule has 3 aliphatic carbocycles. The molecular weight excluding hydrogens is 451 g/mol. The first-order valence-corrected chi connectivity index (χ1v) is 11.1. The molecular formula is C24H22ClFN2O5. The molecule has 2 amide bonds. The highest BCUT2D eigenvalue weighted by Crippen LogP contribution is 2.60. The molecule has 4 aliphatic rings. The third-order valence-corrected chi connectivity index (χ3v) is 6.76. The maximum Gasteiger partial charge on any atom is 0.261 e. The summed E-state index contributed by atoms with van der Waals surface area (Å²) in [6, 6.07) is 9.30. The highest BCUT2D eigenvalue weighted by atomic mass is 35.5. The van der Waals surface area contributed by atoms with Gasteiger partial charge in [0.2, 0.25) is 0 Å². The van der Waals surface area contributed by atoms with Gasteiger partial charge in [0.1, 0.15) is 17.3 Å². The van der Waals surface area contributed by atoms with Crippen molar-refractivity contribution in [2.45, 2.75) is 49.8 Å². The summed E-state index contributed by atoms with van der Waals surface area (Å²) in [7, 11) is 0. The van der Waals surface area contributed by atoms with Crippen molar-refractivity contribution in [3.63, 3.8) is 0 Å². The van der Waals surface area contributed by atoms with Crippen molar-refractivity contribution >= 4 is 29.2 Å². The van der Waals surface area contributed by atoms with E-state index in [-0.39, 0.29) is 52.5 Å². The fraction of sp³-hybridized carbons (Fsp3) is 0.375. The molecule has 1 aliphatic heterocycles. The molecule has 3 saturated carbocycles. The lowest BCUT2D eigenvalue weighted by atomic mass is 9.44. The van der Waals surface area contributed by atoms with Crippen molar-refractivity contribution in [3.05, 3.63) is 58.4 Å². The van der Waals surface area contributed by atoms with Crippen LogP contribution in [0.2, 0.25) is 5.02 Å². The quantitative estimate of drug-likeness (QED) is 0.673. The summed E-state index contributed by atoms with van der Waals surface area (Å²) in [6.45, 7) is 1.65. The minimum atomic E-state index is -0.861. The SMILES string of the molecule is Cc1ccc2c(c1)C(=O)CC(C(=O)NC13CC(NC(=O)COc4ccc(Cl)c(F)c4)(C1)C3)O2. The van der Waals surface area contributed by atoms with Gasteiger partial charge in [-0.3, -0.25) is 14.4 Å². The maximum atomic E-state index is 13.5. The lowest BCUT2D eigenvalue weighted by Gasteiger charge is -2.70. The van der Waals surface area contributed by atoms with E-state index < -0.39 is 11.9 Å². The molecule has 0 aromatic heterocycles. The standard InChI is InChI=1S/C24H22ClFN2O5/c1-13-2-5-19-15(6-13)18(29)8-20(33-19)22(31)28-24-10-23(11-24,12-24)27-21(30)9-32-14-3-4-16(25)17(26)7-14/h2-7,20H,8-12H2,1H3,(H,27,30)(H,28,31). The van der Waals surface area contributed by atoms with Gasteiger partial charge in [-0.2, -0.15) is 0 Å². The van der Waals surface area contributed by atoms with Gasteiger partial charge in [0.05, 0.1) is 17.0 Å². The van der Waals surface area contributed by atoms with E-state index in [2.05, 4.69) is 10.6 Å². The van der Waals surface area contributed by atoms with Crippen molar-refractivity contribution in [3.8, 4) is 11.5 Å². The van der Waals surface area contributed by atoms with Gasteiger partial charge in [0, 0.05) is 17.1 Å². The summed E-state index contributed by atoms with van der Waals surface area (Å²) in [6.07, 6.45) is 0.944. The molecule has 2 aromatic rings. The molecule has 7 nitrogen and oxygen atoms in total. The van der Waals surface area contributed by atoms with Crippen LogP contribution in [0, 0.1) is 12.7 Å². The summed E-state index contributed by atoms with van der Waals surface area (Å²) in [5.41, 5.74) is 0.715. The van der Waals surface area contributed by atoms with Crippen LogP contribution < -0.4 is 20.1 Å². The molecule has 3 fully saturated rings. The number of fused-ring (bicyclic) bond motifs is 1. The number of hydrogen-bond donors (Lipinski definition) is 2. The van der Waals surface area contributed by atoms with Crippen LogP contribution in [0.5, 0.6) is 11.5 Å². The number of rotatable bonds is 6. The monoisotopic (exact) mass is 472 g/mol. The zero-order valence-electron chi connectivity index (χ0n) is 17.9. The third-order valence-electron chi connectivity index (χ3n) is 6.45. The lowest BCUT2D eigenvalue weighted by Crippen LogP contribution is -2.84. The van der Waals surface area contributed by atoms with Crippen LogP contribution in [0.4, 0.5) is 4.39 Å². The van der Waals surface area contributed by atoms with Crippen molar-refractivity contribution in [2.75, 3.05) is 6.61 Å². The molecule has 2 N–H and O–H groups in total. The molecule has 9 heteroatoms. The van der Waals surface area contributed by atoms with Gasteiger partial charge in [-0.1, -0.05) is 23.2 Å². The number of amides is 2. The Morgan fingerprint density at radius 2 is 1.88 bits per heavy atom. The van der Waals surface area contributed by atoms with Crippen LogP contribution in [0.3, 0.4) is 0 Å². The van der Waals surface area contributed by atoms with Gasteiger partial charge < -0.3 is 20.1 Å². The molecule has 0 radical (unpaired) electrons. The van der Waals surface area contributed by atoms with E-state index in [4.69, 9.17) is 21.1 Å². The Hall–Kier alpha value is -3.13. The van der Waals surface area contributed by atoms with Gasteiger partial charge in [-0.05, 0) is 50.5 Å². The van der Waals surface area contributed by atoms with Gasteiger partial charge in [0.25, 0.3) is 11.8 Å². The Kier molecular flexibility index (Phi) is 5.08. The first kappa shape index (κ1) is 21.7. The normalized spacial score (nSPS) is 26.8. The molecule has 1 heterocycles. The smallest absolute Gasteiger partial charge is 0.261 e. The van der Waals surface area contributed by atoms with Gasteiger partial charge in [0.15, 0.2) is 18.5 Å². The number of carbonyl (C=O) groups is 3. The predicted molar refractivity (Wildman–Crippen MR) is 117 cm³/mol. The molecule has 0 spiro atoms. The lowest BCUT2D eigenvalue weighted by molar-refractivity contribution is -0.154. The number of aryl methyl sites for hydroxylation is 1. The highest BCUT2D eigenvalue weighted by Gasteiger charge is 2.69. The Morgan fingerprint density at radius 1 is 1.15 bits per heavy atom. The molecule has 0 saturated heterocycles. The second-order valence-electron chi connectivity index (χ2n) is 9.23. The summed E-state index contributed by atoms with van der Waals surface area (Å²) in [5, 5.41) is 5.92. The Labute approximate surface area is 194 Å². The fourth-order valence-corrected chi connectivity index (χ4v) is 5.14. The second-order valence-corrected chi connectivity index (χ2v) is 9.63. The van der Waals surface area contributed by atoms with E-state index >= 15 is 0 Å². The summed E-state index contributed by atoms with van der Waals surface area (Å²) >= 11 is 5.63. The average molecular weight is 473 g/mol. The highest BCUT2D eigenvalue weighted by molar-refractivity contribution is 6.30. The molecule has 2 bridgehead atoms. The fourth-order valence-electron chi connectivity index (χ4n) is 5.03. The van der Waals surface area contributed by atoms with E-state index in [1.54, 1.807) is 12.1 Å². The summed E-state index contributed by atoms with van der Waals surface area (Å²) in [4.78, 5) is 37.4. The Balaban J connectivity index is 1.10. The zero-order chi connectivity index (χ0) is 23.4. The van der Waals surface area contributed by atoms with Gasteiger partial charge in [-0.25, -0.2) is 4.39 Å². The van der Waals surface area contributed by atoms with Gasteiger partial charge >= 0.3 is 0 Å². The first-order valence-electron chi connectivity index (χ1n) is 10.7. The van der Waals surface area contributed by atoms with E-state index in [0.717, 1.165) is 11.6 Å². The summed E-state index contributed by atoms with van der Waals surface area (Å²) < 4.78 is 24.6. The van der Waals surface area contributed by atoms with Crippen molar-refractivity contribution in [1.82, 2.24) is 10.6 Å². The van der Waals surface area contributed by atoms with E-state index in [9.17, 15) is 18.8 Å². The third kappa shape index (κ3) is 4.04. The van der Waals surface area contributed by atoms with Crippen molar-refractivity contribution in [1.29, 1.82) is 0 Å². The van der Waals surface area contributed by atoms with Crippen LogP contribution in [-0.4, -0.2) is 41.4 Å². The molecule has 33 heavy (non-hydrogen) atoms. The van der Waals surface area contributed by atoms with Crippen LogP contribution in [0.25, 0.3) is 0 Å². The number of ketones is 1. The number of hydrogen-bond acceptors (Lipinski definition) is 5. The molecule has 172 valence electrons. The van der Waals surface area contributed by atoms with Crippen molar-refractivity contribution < 1.29 is 28.2 Å². The van der Waals surface area contributed by atoms with Crippen LogP contribution in [0.15, 0.2) is 36.4 Å². The van der Waals surface area contributed by atoms with Crippen LogP contribution >= 0.6 is 11.6 Å². The average Bonchev–Trinajstić information content (AvgIpc) is 2.72. The number of nitrogens with one attached hydrogen (secondary N) is 2. The number of Topliss-reactive ketones (excluding diaryl/α,β-unsaturated/α-hetero) is 1. The number of benzene rings is 2. The van der Waals surface area contributed by atoms with Gasteiger partial charge in [-0.15, -0.1) is 0 Å². The molecule has 2 aromatic carbocycles. The van der Waals surface area contributed by atoms with Crippen LogP contribution in [0.1, 0.15) is 41.6 Å². The zero-order valence-corrected chi connectivity index (χ0v) is 18.6. The Morgan fingerprint density at radius 3 is 2.61 bits per heavy atom.